The van der Waals surface area contributed by atoms with E-state index in [1.807, 2.05) is 24.3 Å². The molecule has 1 aromatic heterocycles. The van der Waals surface area contributed by atoms with Crippen molar-refractivity contribution in [2.24, 2.45) is 0 Å². The zero-order valence-corrected chi connectivity index (χ0v) is 15.2. The number of anilines is 2. The largest absolute Gasteiger partial charge is 0.495 e. The van der Waals surface area contributed by atoms with Crippen LogP contribution in [-0.2, 0) is 0 Å². The summed E-state index contributed by atoms with van der Waals surface area (Å²) in [7, 11) is 1.59. The number of benzene rings is 3. The van der Waals surface area contributed by atoms with Crippen molar-refractivity contribution in [1.29, 1.82) is 0 Å². The van der Waals surface area contributed by atoms with Crippen LogP contribution in [0.2, 0.25) is 5.02 Å². The Balaban J connectivity index is 1.88. The van der Waals surface area contributed by atoms with Gasteiger partial charge in [0.1, 0.15) is 17.4 Å². The van der Waals surface area contributed by atoms with Crippen LogP contribution in [0.25, 0.3) is 22.3 Å². The minimum absolute atomic E-state index is 0.338. The first kappa shape index (κ1) is 17.2. The summed E-state index contributed by atoms with van der Waals surface area (Å²) in [5.74, 6) is 1.31. The van der Waals surface area contributed by atoms with Crippen molar-refractivity contribution in [2.75, 3.05) is 12.4 Å². The van der Waals surface area contributed by atoms with E-state index in [1.165, 1.54) is 12.1 Å². The molecule has 3 aromatic carbocycles. The van der Waals surface area contributed by atoms with Crippen molar-refractivity contribution in [3.8, 4) is 17.1 Å². The van der Waals surface area contributed by atoms with Gasteiger partial charge in [0.05, 0.1) is 18.3 Å². The van der Waals surface area contributed by atoms with Crippen LogP contribution < -0.4 is 10.1 Å². The lowest BCUT2D eigenvalue weighted by Gasteiger charge is -2.14. The molecule has 0 aliphatic rings. The number of nitrogens with one attached hydrogen (secondary N) is 1. The van der Waals surface area contributed by atoms with Gasteiger partial charge < -0.3 is 10.1 Å². The van der Waals surface area contributed by atoms with Gasteiger partial charge in [-0.25, -0.2) is 14.4 Å². The van der Waals surface area contributed by atoms with Crippen LogP contribution in [0.5, 0.6) is 5.75 Å². The average Bonchev–Trinajstić information content (AvgIpc) is 2.68. The van der Waals surface area contributed by atoms with Gasteiger partial charge >= 0.3 is 0 Å². The van der Waals surface area contributed by atoms with E-state index in [4.69, 9.17) is 16.3 Å². The maximum atomic E-state index is 13.7. The third kappa shape index (κ3) is 3.55. The van der Waals surface area contributed by atoms with Crippen molar-refractivity contribution in [2.45, 2.75) is 0 Å². The molecule has 27 heavy (non-hydrogen) atoms. The zero-order valence-electron chi connectivity index (χ0n) is 14.4. The molecule has 0 radical (unpaired) electrons. The molecular formula is C21H15ClFN3O. The van der Waals surface area contributed by atoms with Crippen molar-refractivity contribution in [1.82, 2.24) is 9.97 Å². The van der Waals surface area contributed by atoms with Gasteiger partial charge in [0.25, 0.3) is 0 Å². The number of fused-ring (bicyclic) bond motifs is 1. The standard InChI is InChI=1S/C21H15ClFN3O/c1-27-19-10-9-14(22)12-18(19)25-21-16-7-2-3-8-17(16)24-20(26-21)13-5-4-6-15(23)11-13/h2-12H,1H3,(H,24,25,26). The highest BCUT2D eigenvalue weighted by Gasteiger charge is 2.12. The Kier molecular flexibility index (Phi) is 4.60. The summed E-state index contributed by atoms with van der Waals surface area (Å²) in [5, 5.41) is 4.68. The number of hydrogen-bond donors (Lipinski definition) is 1. The van der Waals surface area contributed by atoms with Gasteiger partial charge in [0, 0.05) is 16.0 Å². The minimum Gasteiger partial charge on any atom is -0.495 e. The van der Waals surface area contributed by atoms with Gasteiger partial charge in [0.15, 0.2) is 5.82 Å². The molecule has 4 aromatic rings. The third-order valence-corrected chi connectivity index (χ3v) is 4.34. The number of ether oxygens (including phenoxy) is 1. The van der Waals surface area contributed by atoms with Crippen molar-refractivity contribution in [3.05, 3.63) is 77.6 Å². The maximum absolute atomic E-state index is 13.7. The second-order valence-corrected chi connectivity index (χ2v) is 6.33. The van der Waals surface area contributed by atoms with Crippen LogP contribution in [0, 0.1) is 5.82 Å². The second kappa shape index (κ2) is 7.21. The normalized spacial score (nSPS) is 10.8. The third-order valence-electron chi connectivity index (χ3n) is 4.10. The van der Waals surface area contributed by atoms with E-state index >= 15 is 0 Å². The zero-order chi connectivity index (χ0) is 18.8. The van der Waals surface area contributed by atoms with Crippen LogP contribution in [0.3, 0.4) is 0 Å². The molecule has 134 valence electrons. The van der Waals surface area contributed by atoms with E-state index in [9.17, 15) is 4.39 Å². The number of hydrogen-bond acceptors (Lipinski definition) is 4. The molecule has 0 saturated heterocycles. The second-order valence-electron chi connectivity index (χ2n) is 5.89. The Morgan fingerprint density at radius 1 is 0.963 bits per heavy atom. The molecule has 0 fully saturated rings. The number of methoxy groups -OCH3 is 1. The van der Waals surface area contributed by atoms with Crippen LogP contribution in [0.1, 0.15) is 0 Å². The number of nitrogens with zero attached hydrogens (tertiary/aromatic N) is 2. The Hall–Kier alpha value is -3.18. The van der Waals surface area contributed by atoms with Gasteiger partial charge in [-0.3, -0.25) is 0 Å². The van der Waals surface area contributed by atoms with Gasteiger partial charge in [-0.15, -0.1) is 0 Å². The first-order chi connectivity index (χ1) is 13.1. The molecule has 1 N–H and O–H groups in total. The first-order valence-corrected chi connectivity index (χ1v) is 8.65. The first-order valence-electron chi connectivity index (χ1n) is 8.27. The molecule has 6 heteroatoms. The molecule has 0 unspecified atom stereocenters. The Labute approximate surface area is 160 Å². The molecule has 0 amide bonds. The molecule has 0 aliphatic carbocycles. The summed E-state index contributed by atoms with van der Waals surface area (Å²) < 4.78 is 19.1. The summed E-state index contributed by atoms with van der Waals surface area (Å²) in [6.07, 6.45) is 0. The van der Waals surface area contributed by atoms with Crippen molar-refractivity contribution >= 4 is 34.0 Å². The molecular weight excluding hydrogens is 365 g/mol. The fourth-order valence-corrected chi connectivity index (χ4v) is 3.01. The topological polar surface area (TPSA) is 47.0 Å². The lowest BCUT2D eigenvalue weighted by molar-refractivity contribution is 0.417. The summed E-state index contributed by atoms with van der Waals surface area (Å²) in [6, 6.07) is 19.1. The van der Waals surface area contributed by atoms with Crippen LogP contribution in [0.15, 0.2) is 66.7 Å². The summed E-state index contributed by atoms with van der Waals surface area (Å²) >= 11 is 6.13. The molecule has 1 heterocycles. The molecule has 4 rings (SSSR count). The average molecular weight is 380 g/mol. The fraction of sp³-hybridized carbons (Fsp3) is 0.0476. The van der Waals surface area contributed by atoms with Crippen LogP contribution in [-0.4, -0.2) is 17.1 Å². The van der Waals surface area contributed by atoms with E-state index in [0.29, 0.717) is 33.7 Å². The minimum atomic E-state index is -0.338. The summed E-state index contributed by atoms with van der Waals surface area (Å²) in [4.78, 5) is 9.20. The van der Waals surface area contributed by atoms with Crippen LogP contribution in [0.4, 0.5) is 15.9 Å². The summed E-state index contributed by atoms with van der Waals surface area (Å²) in [6.45, 7) is 0. The van der Waals surface area contributed by atoms with Crippen LogP contribution >= 0.6 is 11.6 Å². The number of aromatic nitrogens is 2. The lowest BCUT2D eigenvalue weighted by Crippen LogP contribution is -2.01. The number of para-hydroxylation sites is 1. The fourth-order valence-electron chi connectivity index (χ4n) is 2.83. The highest BCUT2D eigenvalue weighted by atomic mass is 35.5. The van der Waals surface area contributed by atoms with Crippen molar-refractivity contribution < 1.29 is 9.13 Å². The highest BCUT2D eigenvalue weighted by Crippen LogP contribution is 2.33. The van der Waals surface area contributed by atoms with E-state index in [-0.39, 0.29) is 5.82 Å². The van der Waals surface area contributed by atoms with Gasteiger partial charge in [-0.05, 0) is 42.5 Å². The molecule has 0 spiro atoms. The number of rotatable bonds is 4. The quantitative estimate of drug-likeness (QED) is 0.483. The van der Waals surface area contributed by atoms with Gasteiger partial charge in [0.2, 0.25) is 0 Å². The lowest BCUT2D eigenvalue weighted by atomic mass is 10.1. The smallest absolute Gasteiger partial charge is 0.162 e. The molecule has 0 aliphatic heterocycles. The van der Waals surface area contributed by atoms with E-state index in [0.717, 1.165) is 10.9 Å². The van der Waals surface area contributed by atoms with E-state index < -0.39 is 0 Å². The van der Waals surface area contributed by atoms with E-state index in [1.54, 1.807) is 37.4 Å². The summed E-state index contributed by atoms with van der Waals surface area (Å²) in [5.41, 5.74) is 2.02. The van der Waals surface area contributed by atoms with Gasteiger partial charge in [-0.2, -0.15) is 0 Å². The predicted molar refractivity (Wildman–Crippen MR) is 106 cm³/mol. The predicted octanol–water partition coefficient (Wildman–Crippen LogP) is 5.84. The monoisotopic (exact) mass is 379 g/mol. The molecule has 0 atom stereocenters. The molecule has 0 bridgehead atoms. The molecule has 0 saturated carbocycles. The molecule has 4 nitrogen and oxygen atoms in total. The maximum Gasteiger partial charge on any atom is 0.162 e. The highest BCUT2D eigenvalue weighted by molar-refractivity contribution is 6.31. The number of halogens is 2. The Bertz CT molecular complexity index is 1130. The van der Waals surface area contributed by atoms with Gasteiger partial charge in [-0.1, -0.05) is 35.9 Å². The van der Waals surface area contributed by atoms with Crippen molar-refractivity contribution in [3.63, 3.8) is 0 Å². The SMILES string of the molecule is COc1ccc(Cl)cc1Nc1nc(-c2cccc(F)c2)nc2ccccc12. The Morgan fingerprint density at radius 3 is 2.63 bits per heavy atom. The van der Waals surface area contributed by atoms with E-state index in [2.05, 4.69) is 15.3 Å². The Morgan fingerprint density at radius 2 is 1.81 bits per heavy atom.